The quantitative estimate of drug-likeness (QED) is 0.919. The zero-order valence-electron chi connectivity index (χ0n) is 12.1. The molecule has 0 unspecified atom stereocenters. The molecule has 0 fully saturated rings. The summed E-state index contributed by atoms with van der Waals surface area (Å²) in [5.41, 5.74) is 2.12. The number of anilines is 1. The standard InChI is InChI=1S/C16H18FN3O/c1-3-18-14-8-9-19-15(10-14)16(21)20(2)11-12-4-6-13(17)7-5-12/h4-10H,3,11H2,1-2H3,(H,18,19). The number of rotatable bonds is 5. The first-order chi connectivity index (χ1) is 10.1. The van der Waals surface area contributed by atoms with Gasteiger partial charge in [-0.15, -0.1) is 0 Å². The number of pyridine rings is 1. The molecule has 1 aromatic carbocycles. The Balaban J connectivity index is 2.08. The van der Waals surface area contributed by atoms with E-state index in [9.17, 15) is 9.18 Å². The van der Waals surface area contributed by atoms with E-state index >= 15 is 0 Å². The number of amides is 1. The zero-order chi connectivity index (χ0) is 15.2. The minimum Gasteiger partial charge on any atom is -0.385 e. The SMILES string of the molecule is CCNc1ccnc(C(=O)N(C)Cc2ccc(F)cc2)c1. The van der Waals surface area contributed by atoms with Crippen molar-refractivity contribution in [2.24, 2.45) is 0 Å². The molecule has 0 saturated heterocycles. The second-order valence-corrected chi connectivity index (χ2v) is 4.75. The van der Waals surface area contributed by atoms with Crippen molar-refractivity contribution in [3.05, 3.63) is 59.7 Å². The van der Waals surface area contributed by atoms with Gasteiger partial charge in [0.15, 0.2) is 0 Å². The second kappa shape index (κ2) is 6.83. The largest absolute Gasteiger partial charge is 0.385 e. The molecule has 1 N–H and O–H groups in total. The van der Waals surface area contributed by atoms with Gasteiger partial charge in [0.25, 0.3) is 5.91 Å². The summed E-state index contributed by atoms with van der Waals surface area (Å²) in [6.07, 6.45) is 1.61. The van der Waals surface area contributed by atoms with Crippen molar-refractivity contribution < 1.29 is 9.18 Å². The molecule has 110 valence electrons. The predicted octanol–water partition coefficient (Wildman–Crippen LogP) is 2.92. The van der Waals surface area contributed by atoms with E-state index in [1.165, 1.54) is 12.1 Å². The van der Waals surface area contributed by atoms with Crippen LogP contribution in [0.25, 0.3) is 0 Å². The summed E-state index contributed by atoms with van der Waals surface area (Å²) in [5.74, 6) is -0.452. The van der Waals surface area contributed by atoms with Gasteiger partial charge in [-0.05, 0) is 36.8 Å². The van der Waals surface area contributed by atoms with Crippen molar-refractivity contribution in [2.45, 2.75) is 13.5 Å². The topological polar surface area (TPSA) is 45.2 Å². The fourth-order valence-electron chi connectivity index (χ4n) is 1.99. The summed E-state index contributed by atoms with van der Waals surface area (Å²) in [7, 11) is 1.70. The molecule has 0 spiro atoms. The van der Waals surface area contributed by atoms with Crippen molar-refractivity contribution in [1.82, 2.24) is 9.88 Å². The Morgan fingerprint density at radius 2 is 2.00 bits per heavy atom. The zero-order valence-corrected chi connectivity index (χ0v) is 12.1. The maximum Gasteiger partial charge on any atom is 0.272 e. The highest BCUT2D eigenvalue weighted by atomic mass is 19.1. The number of halogens is 1. The van der Waals surface area contributed by atoms with Gasteiger partial charge < -0.3 is 10.2 Å². The van der Waals surface area contributed by atoms with Crippen LogP contribution in [0.3, 0.4) is 0 Å². The second-order valence-electron chi connectivity index (χ2n) is 4.75. The molecule has 0 bridgehead atoms. The first kappa shape index (κ1) is 15.0. The van der Waals surface area contributed by atoms with Crippen molar-refractivity contribution in [2.75, 3.05) is 18.9 Å². The number of nitrogens with one attached hydrogen (secondary N) is 1. The third-order valence-corrected chi connectivity index (χ3v) is 3.04. The molecule has 21 heavy (non-hydrogen) atoms. The minimum absolute atomic E-state index is 0.168. The normalized spacial score (nSPS) is 10.2. The van der Waals surface area contributed by atoms with E-state index in [1.54, 1.807) is 36.3 Å². The molecule has 0 aliphatic carbocycles. The van der Waals surface area contributed by atoms with Crippen molar-refractivity contribution in [1.29, 1.82) is 0 Å². The highest BCUT2D eigenvalue weighted by Crippen LogP contribution is 2.11. The van der Waals surface area contributed by atoms with Crippen LogP contribution in [0.2, 0.25) is 0 Å². The first-order valence-corrected chi connectivity index (χ1v) is 6.80. The molecule has 1 aromatic heterocycles. The lowest BCUT2D eigenvalue weighted by Crippen LogP contribution is -2.27. The molecule has 0 saturated carbocycles. The van der Waals surface area contributed by atoms with Gasteiger partial charge in [-0.1, -0.05) is 12.1 Å². The fourth-order valence-corrected chi connectivity index (χ4v) is 1.99. The Bertz CT molecular complexity index is 613. The summed E-state index contributed by atoms with van der Waals surface area (Å²) in [4.78, 5) is 18.0. The third kappa shape index (κ3) is 4.02. The van der Waals surface area contributed by atoms with Crippen LogP contribution in [0.4, 0.5) is 10.1 Å². The molecule has 2 rings (SSSR count). The number of hydrogen-bond acceptors (Lipinski definition) is 3. The fraction of sp³-hybridized carbons (Fsp3) is 0.250. The van der Waals surface area contributed by atoms with Crippen LogP contribution < -0.4 is 5.32 Å². The highest BCUT2D eigenvalue weighted by Gasteiger charge is 2.14. The summed E-state index contributed by atoms with van der Waals surface area (Å²) in [6.45, 7) is 3.18. The predicted molar refractivity (Wildman–Crippen MR) is 80.6 cm³/mol. The van der Waals surface area contributed by atoms with Crippen LogP contribution >= 0.6 is 0 Å². The number of hydrogen-bond donors (Lipinski definition) is 1. The average Bonchev–Trinajstić information content (AvgIpc) is 2.49. The molecule has 0 aliphatic heterocycles. The van der Waals surface area contributed by atoms with Gasteiger partial charge in [-0.3, -0.25) is 9.78 Å². The summed E-state index contributed by atoms with van der Waals surface area (Å²) < 4.78 is 12.9. The lowest BCUT2D eigenvalue weighted by molar-refractivity contribution is 0.0779. The first-order valence-electron chi connectivity index (χ1n) is 6.80. The number of nitrogens with zero attached hydrogens (tertiary/aromatic N) is 2. The Morgan fingerprint density at radius 1 is 1.29 bits per heavy atom. The van der Waals surface area contributed by atoms with Crippen LogP contribution in [-0.4, -0.2) is 29.4 Å². The van der Waals surface area contributed by atoms with Crippen LogP contribution in [0.5, 0.6) is 0 Å². The van der Waals surface area contributed by atoms with Crippen LogP contribution in [-0.2, 0) is 6.54 Å². The maximum absolute atomic E-state index is 12.9. The molecule has 2 aromatic rings. The number of aromatic nitrogens is 1. The van der Waals surface area contributed by atoms with Crippen LogP contribution in [0.15, 0.2) is 42.6 Å². The van der Waals surface area contributed by atoms with Crippen molar-refractivity contribution in [3.63, 3.8) is 0 Å². The number of carbonyl (C=O) groups is 1. The monoisotopic (exact) mass is 287 g/mol. The molecular weight excluding hydrogens is 269 g/mol. The lowest BCUT2D eigenvalue weighted by atomic mass is 10.2. The number of benzene rings is 1. The van der Waals surface area contributed by atoms with E-state index in [-0.39, 0.29) is 11.7 Å². The Labute approximate surface area is 123 Å². The molecule has 1 amide bonds. The van der Waals surface area contributed by atoms with Crippen molar-refractivity contribution >= 4 is 11.6 Å². The molecule has 4 nitrogen and oxygen atoms in total. The van der Waals surface area contributed by atoms with E-state index in [2.05, 4.69) is 10.3 Å². The Hall–Kier alpha value is -2.43. The smallest absolute Gasteiger partial charge is 0.272 e. The summed E-state index contributed by atoms with van der Waals surface area (Å²) in [6, 6.07) is 9.66. The van der Waals surface area contributed by atoms with Gasteiger partial charge in [0.05, 0.1) is 0 Å². The molecular formula is C16H18FN3O. The van der Waals surface area contributed by atoms with Gasteiger partial charge in [-0.2, -0.15) is 0 Å². The average molecular weight is 287 g/mol. The Kier molecular flexibility index (Phi) is 4.87. The Morgan fingerprint density at radius 3 is 2.67 bits per heavy atom. The van der Waals surface area contributed by atoms with Gasteiger partial charge in [0, 0.05) is 32.0 Å². The van der Waals surface area contributed by atoms with Crippen LogP contribution in [0.1, 0.15) is 23.0 Å². The van der Waals surface area contributed by atoms with Gasteiger partial charge in [0.1, 0.15) is 11.5 Å². The lowest BCUT2D eigenvalue weighted by Gasteiger charge is -2.17. The highest BCUT2D eigenvalue weighted by molar-refractivity contribution is 5.92. The van der Waals surface area contributed by atoms with Gasteiger partial charge in [0.2, 0.25) is 0 Å². The molecule has 5 heteroatoms. The molecule has 0 atom stereocenters. The van der Waals surface area contributed by atoms with Gasteiger partial charge in [-0.25, -0.2) is 4.39 Å². The molecule has 1 heterocycles. The van der Waals surface area contributed by atoms with Crippen molar-refractivity contribution in [3.8, 4) is 0 Å². The summed E-state index contributed by atoms with van der Waals surface area (Å²) in [5, 5.41) is 3.15. The molecule has 0 aliphatic rings. The van der Waals surface area contributed by atoms with E-state index < -0.39 is 0 Å². The van der Waals surface area contributed by atoms with E-state index in [0.717, 1.165) is 17.8 Å². The molecule has 0 radical (unpaired) electrons. The van der Waals surface area contributed by atoms with E-state index in [0.29, 0.717) is 12.2 Å². The number of carbonyl (C=O) groups excluding carboxylic acids is 1. The maximum atomic E-state index is 12.9. The minimum atomic E-state index is -0.285. The summed E-state index contributed by atoms with van der Waals surface area (Å²) >= 11 is 0. The van der Waals surface area contributed by atoms with Gasteiger partial charge >= 0.3 is 0 Å². The van der Waals surface area contributed by atoms with E-state index in [1.807, 2.05) is 13.0 Å². The third-order valence-electron chi connectivity index (χ3n) is 3.04. The van der Waals surface area contributed by atoms with Crippen LogP contribution in [0, 0.1) is 5.82 Å². The van der Waals surface area contributed by atoms with E-state index in [4.69, 9.17) is 0 Å².